The molecule has 3 nitrogen and oxygen atoms in total. The Morgan fingerprint density at radius 1 is 1.35 bits per heavy atom. The lowest BCUT2D eigenvalue weighted by molar-refractivity contribution is -0.145. The van der Waals surface area contributed by atoms with Gasteiger partial charge in [-0.1, -0.05) is 30.3 Å². The van der Waals surface area contributed by atoms with Crippen LogP contribution >= 0.6 is 11.6 Å². The highest BCUT2D eigenvalue weighted by Gasteiger charge is 2.53. The average molecular weight is 294 g/mol. The first-order valence-corrected chi connectivity index (χ1v) is 7.75. The molecule has 1 saturated heterocycles. The van der Waals surface area contributed by atoms with Gasteiger partial charge in [-0.3, -0.25) is 4.79 Å². The number of hydrogen-bond donors (Lipinski definition) is 0. The van der Waals surface area contributed by atoms with Gasteiger partial charge in [-0.15, -0.1) is 11.6 Å². The van der Waals surface area contributed by atoms with E-state index >= 15 is 0 Å². The molecule has 0 aromatic heterocycles. The predicted octanol–water partition coefficient (Wildman–Crippen LogP) is 2.57. The summed E-state index contributed by atoms with van der Waals surface area (Å²) in [5.41, 5.74) is 0.862. The highest BCUT2D eigenvalue weighted by atomic mass is 35.5. The van der Waals surface area contributed by atoms with Crippen molar-refractivity contribution in [3.05, 3.63) is 35.9 Å². The maximum absolute atomic E-state index is 12.9. The summed E-state index contributed by atoms with van der Waals surface area (Å²) in [6.07, 6.45) is 1.92. The maximum atomic E-state index is 12.9. The molecule has 0 bridgehead atoms. The maximum Gasteiger partial charge on any atom is 0.233 e. The van der Waals surface area contributed by atoms with Gasteiger partial charge in [0, 0.05) is 13.1 Å². The van der Waals surface area contributed by atoms with Gasteiger partial charge >= 0.3 is 0 Å². The first-order chi connectivity index (χ1) is 9.65. The van der Waals surface area contributed by atoms with Crippen LogP contribution in [0.1, 0.15) is 25.3 Å². The third kappa shape index (κ3) is 2.45. The van der Waals surface area contributed by atoms with Crippen molar-refractivity contribution in [1.29, 1.82) is 0 Å². The Labute approximate surface area is 124 Å². The zero-order valence-electron chi connectivity index (χ0n) is 11.7. The lowest BCUT2D eigenvalue weighted by Crippen LogP contribution is -2.52. The van der Waals surface area contributed by atoms with Crippen molar-refractivity contribution < 1.29 is 9.53 Å². The number of ether oxygens (including phenoxy) is 1. The van der Waals surface area contributed by atoms with Crippen LogP contribution in [0.4, 0.5) is 0 Å². The largest absolute Gasteiger partial charge is 0.370 e. The average Bonchev–Trinajstić information content (AvgIpc) is 3.28. The topological polar surface area (TPSA) is 29.5 Å². The van der Waals surface area contributed by atoms with E-state index < -0.39 is 0 Å². The first kappa shape index (κ1) is 13.9. The number of carbonyl (C=O) groups excluding carboxylic acids is 1. The zero-order valence-corrected chi connectivity index (χ0v) is 12.5. The van der Waals surface area contributed by atoms with E-state index in [1.807, 2.05) is 30.0 Å². The minimum absolute atomic E-state index is 0.0454. The van der Waals surface area contributed by atoms with Crippen molar-refractivity contribution in [3.63, 3.8) is 0 Å². The van der Waals surface area contributed by atoms with E-state index in [2.05, 4.69) is 12.1 Å². The molecule has 2 unspecified atom stereocenters. The molecule has 20 heavy (non-hydrogen) atoms. The fourth-order valence-corrected chi connectivity index (χ4v) is 3.28. The Kier molecular flexibility index (Phi) is 3.74. The summed E-state index contributed by atoms with van der Waals surface area (Å²) in [6.45, 7) is 3.28. The molecule has 0 N–H and O–H groups in total. The molecule has 2 aliphatic rings. The quantitative estimate of drug-likeness (QED) is 0.802. The van der Waals surface area contributed by atoms with E-state index in [9.17, 15) is 4.79 Å². The van der Waals surface area contributed by atoms with Gasteiger partial charge in [0.15, 0.2) is 0 Å². The van der Waals surface area contributed by atoms with E-state index in [0.29, 0.717) is 19.0 Å². The fraction of sp³-hybridized carbons (Fsp3) is 0.562. The Bertz CT molecular complexity index is 487. The predicted molar refractivity (Wildman–Crippen MR) is 79.0 cm³/mol. The van der Waals surface area contributed by atoms with Crippen LogP contribution in [0.3, 0.4) is 0 Å². The van der Waals surface area contributed by atoms with Crippen molar-refractivity contribution >= 4 is 17.5 Å². The van der Waals surface area contributed by atoms with E-state index in [-0.39, 0.29) is 23.5 Å². The molecule has 1 aliphatic heterocycles. The lowest BCUT2D eigenvalue weighted by Gasteiger charge is -2.38. The van der Waals surface area contributed by atoms with E-state index in [1.165, 1.54) is 0 Å². The SMILES string of the molecule is CC1CN(C(=O)C2(c3ccccc3)CC2)CC(CCl)O1. The Hall–Kier alpha value is -1.06. The molecule has 1 aliphatic carbocycles. The fourth-order valence-electron chi connectivity index (χ4n) is 3.11. The molecule has 1 aromatic rings. The van der Waals surface area contributed by atoms with Crippen LogP contribution in [0.15, 0.2) is 30.3 Å². The van der Waals surface area contributed by atoms with Crippen molar-refractivity contribution in [3.8, 4) is 0 Å². The van der Waals surface area contributed by atoms with Gasteiger partial charge in [0.1, 0.15) is 0 Å². The monoisotopic (exact) mass is 293 g/mol. The number of amides is 1. The van der Waals surface area contributed by atoms with Gasteiger partial charge in [-0.05, 0) is 25.3 Å². The van der Waals surface area contributed by atoms with Gasteiger partial charge in [0.25, 0.3) is 0 Å². The van der Waals surface area contributed by atoms with Gasteiger partial charge in [-0.25, -0.2) is 0 Å². The molecule has 4 heteroatoms. The second-order valence-corrected chi connectivity index (χ2v) is 6.19. The van der Waals surface area contributed by atoms with Crippen molar-refractivity contribution in [1.82, 2.24) is 4.90 Å². The standard InChI is InChI=1S/C16H20ClNO2/c1-12-10-18(11-14(9-17)20-12)15(19)16(7-8-16)13-5-3-2-4-6-13/h2-6,12,14H,7-11H2,1H3. The number of morpholine rings is 1. The number of nitrogens with zero attached hydrogens (tertiary/aromatic N) is 1. The molecule has 1 amide bonds. The Balaban J connectivity index is 1.79. The summed E-state index contributed by atoms with van der Waals surface area (Å²) in [6, 6.07) is 10.1. The van der Waals surface area contributed by atoms with E-state index in [0.717, 1.165) is 18.4 Å². The van der Waals surface area contributed by atoms with Gasteiger partial charge < -0.3 is 9.64 Å². The molecule has 1 aromatic carbocycles. The van der Waals surface area contributed by atoms with Crippen molar-refractivity contribution in [2.24, 2.45) is 0 Å². The second kappa shape index (κ2) is 5.38. The highest BCUT2D eigenvalue weighted by molar-refractivity contribution is 6.18. The van der Waals surface area contributed by atoms with Crippen LogP contribution in [0.5, 0.6) is 0 Å². The molecular formula is C16H20ClNO2. The summed E-state index contributed by atoms with van der Waals surface area (Å²) in [7, 11) is 0. The number of carbonyl (C=O) groups is 1. The smallest absolute Gasteiger partial charge is 0.233 e. The molecule has 0 radical (unpaired) electrons. The number of hydrogen-bond acceptors (Lipinski definition) is 2. The summed E-state index contributed by atoms with van der Waals surface area (Å²) in [5.74, 6) is 0.681. The molecule has 3 rings (SSSR count). The van der Waals surface area contributed by atoms with Crippen molar-refractivity contribution in [2.45, 2.75) is 37.4 Å². The van der Waals surface area contributed by atoms with Crippen LogP contribution in [0.2, 0.25) is 0 Å². The van der Waals surface area contributed by atoms with Crippen molar-refractivity contribution in [2.75, 3.05) is 19.0 Å². The third-order valence-corrected chi connectivity index (χ3v) is 4.62. The minimum Gasteiger partial charge on any atom is -0.370 e. The number of benzene rings is 1. The molecular weight excluding hydrogens is 274 g/mol. The second-order valence-electron chi connectivity index (χ2n) is 5.88. The first-order valence-electron chi connectivity index (χ1n) is 7.22. The number of alkyl halides is 1. The Morgan fingerprint density at radius 2 is 2.05 bits per heavy atom. The molecule has 2 fully saturated rings. The zero-order chi connectivity index (χ0) is 14.2. The summed E-state index contributed by atoms with van der Waals surface area (Å²) < 4.78 is 5.73. The lowest BCUT2D eigenvalue weighted by atomic mass is 9.94. The van der Waals surface area contributed by atoms with Gasteiger partial charge in [0.05, 0.1) is 23.5 Å². The number of rotatable bonds is 3. The normalized spacial score (nSPS) is 28.2. The molecule has 108 valence electrons. The van der Waals surface area contributed by atoms with Crippen LogP contribution in [-0.4, -0.2) is 42.0 Å². The summed E-state index contributed by atoms with van der Waals surface area (Å²) in [4.78, 5) is 14.9. The summed E-state index contributed by atoms with van der Waals surface area (Å²) in [5, 5.41) is 0. The third-order valence-electron chi connectivity index (χ3n) is 4.27. The minimum atomic E-state index is -0.283. The van der Waals surface area contributed by atoms with Gasteiger partial charge in [0.2, 0.25) is 5.91 Å². The van der Waals surface area contributed by atoms with Crippen LogP contribution in [-0.2, 0) is 14.9 Å². The molecule has 1 saturated carbocycles. The number of halogens is 1. The summed E-state index contributed by atoms with van der Waals surface area (Å²) >= 11 is 5.90. The molecule has 0 spiro atoms. The van der Waals surface area contributed by atoms with Crippen LogP contribution < -0.4 is 0 Å². The van der Waals surface area contributed by atoms with Gasteiger partial charge in [-0.2, -0.15) is 0 Å². The van der Waals surface area contributed by atoms with Crippen LogP contribution in [0.25, 0.3) is 0 Å². The Morgan fingerprint density at radius 3 is 2.65 bits per heavy atom. The van der Waals surface area contributed by atoms with E-state index in [4.69, 9.17) is 16.3 Å². The van der Waals surface area contributed by atoms with E-state index in [1.54, 1.807) is 0 Å². The van der Waals surface area contributed by atoms with Crippen LogP contribution in [0, 0.1) is 0 Å². The molecule has 2 atom stereocenters. The highest BCUT2D eigenvalue weighted by Crippen LogP contribution is 2.49. The molecule has 1 heterocycles.